The maximum atomic E-state index is 12.4. The van der Waals surface area contributed by atoms with Crippen molar-refractivity contribution in [1.82, 2.24) is 0 Å². The number of hydrogen-bond acceptors (Lipinski definition) is 6. The van der Waals surface area contributed by atoms with Crippen molar-refractivity contribution in [3.05, 3.63) is 48.0 Å². The molecule has 7 heteroatoms. The van der Waals surface area contributed by atoms with Gasteiger partial charge in [0, 0.05) is 17.8 Å². The summed E-state index contributed by atoms with van der Waals surface area (Å²) in [5.74, 6) is 0.461. The molecular formula is C24H34O5S2. The first kappa shape index (κ1) is 26.0. The predicted molar refractivity (Wildman–Crippen MR) is 129 cm³/mol. The van der Waals surface area contributed by atoms with E-state index in [1.807, 2.05) is 36.4 Å². The summed E-state index contributed by atoms with van der Waals surface area (Å²) in [7, 11) is 0. The topological polar surface area (TPSA) is 94.8 Å². The van der Waals surface area contributed by atoms with Crippen LogP contribution >= 0.6 is 23.5 Å². The smallest absolute Gasteiger partial charge is 0.313 e. The quantitative estimate of drug-likeness (QED) is 0.300. The van der Waals surface area contributed by atoms with Gasteiger partial charge in [-0.3, -0.25) is 9.59 Å². The van der Waals surface area contributed by atoms with Gasteiger partial charge >= 0.3 is 5.97 Å². The maximum Gasteiger partial charge on any atom is 0.313 e. The average molecular weight is 467 g/mol. The number of rotatable bonds is 13. The standard InChI is InChI=1S/C24H34O5S2/c1-3-12-24(2,17-8-5-4-6-9-17)21(27)11-10-18-19(25)15-20(26)23(18)31-14-7-13-30-16-22(28)29/h4-6,8-11,18-19,21,23,25,27H,3,7,12-16H2,1-2H3,(H,28,29)/t18-,19?,21?,23+,24?/m0/s1. The molecule has 0 aliphatic heterocycles. The van der Waals surface area contributed by atoms with Gasteiger partial charge in [0.1, 0.15) is 5.78 Å². The first-order valence-electron chi connectivity index (χ1n) is 10.8. The minimum absolute atomic E-state index is 0.0409. The fourth-order valence-corrected chi connectivity index (χ4v) is 6.28. The molecular weight excluding hydrogens is 432 g/mol. The Balaban J connectivity index is 2.01. The summed E-state index contributed by atoms with van der Waals surface area (Å²) in [6.45, 7) is 4.15. The molecule has 1 saturated carbocycles. The van der Waals surface area contributed by atoms with Crippen LogP contribution in [0.25, 0.3) is 0 Å². The second-order valence-corrected chi connectivity index (χ2v) is 10.6. The van der Waals surface area contributed by atoms with Crippen LogP contribution in [-0.2, 0) is 15.0 Å². The third-order valence-electron chi connectivity index (χ3n) is 5.85. The van der Waals surface area contributed by atoms with Crippen LogP contribution in [0.5, 0.6) is 0 Å². The maximum absolute atomic E-state index is 12.4. The highest BCUT2D eigenvalue weighted by molar-refractivity contribution is 8.01. The summed E-state index contributed by atoms with van der Waals surface area (Å²) in [5, 5.41) is 29.8. The minimum Gasteiger partial charge on any atom is -0.481 e. The van der Waals surface area contributed by atoms with Crippen LogP contribution < -0.4 is 0 Å². The molecule has 5 nitrogen and oxygen atoms in total. The fraction of sp³-hybridized carbons (Fsp3) is 0.583. The van der Waals surface area contributed by atoms with E-state index in [1.165, 1.54) is 23.5 Å². The summed E-state index contributed by atoms with van der Waals surface area (Å²) in [6, 6.07) is 9.96. The monoisotopic (exact) mass is 466 g/mol. The van der Waals surface area contributed by atoms with Crippen molar-refractivity contribution in [1.29, 1.82) is 0 Å². The number of carbonyl (C=O) groups excluding carboxylic acids is 1. The Morgan fingerprint density at radius 3 is 2.65 bits per heavy atom. The normalized spacial score (nSPS) is 24.4. The van der Waals surface area contributed by atoms with Gasteiger partial charge in [-0.25, -0.2) is 0 Å². The van der Waals surface area contributed by atoms with Gasteiger partial charge in [-0.05, 0) is 29.9 Å². The van der Waals surface area contributed by atoms with Gasteiger partial charge in [-0.15, -0.1) is 11.8 Å². The molecule has 0 amide bonds. The predicted octanol–water partition coefficient (Wildman–Crippen LogP) is 3.92. The lowest BCUT2D eigenvalue weighted by Crippen LogP contribution is -2.35. The first-order chi connectivity index (χ1) is 14.8. The minimum atomic E-state index is -0.818. The number of thioether (sulfide) groups is 2. The van der Waals surface area contributed by atoms with E-state index in [2.05, 4.69) is 13.8 Å². The summed E-state index contributed by atoms with van der Waals surface area (Å²) in [6.07, 6.45) is 4.82. The second-order valence-electron chi connectivity index (χ2n) is 8.27. The van der Waals surface area contributed by atoms with Crippen LogP contribution in [-0.4, -0.2) is 61.8 Å². The number of aliphatic hydroxyl groups is 2. The molecule has 0 bridgehead atoms. The number of hydrogen-bond donors (Lipinski definition) is 3. The Morgan fingerprint density at radius 2 is 2.00 bits per heavy atom. The molecule has 5 atom stereocenters. The Kier molecular flexibility index (Phi) is 10.6. The summed E-state index contributed by atoms with van der Waals surface area (Å²) < 4.78 is 0. The summed E-state index contributed by atoms with van der Waals surface area (Å²) in [4.78, 5) is 23.0. The summed E-state index contributed by atoms with van der Waals surface area (Å²) >= 11 is 2.90. The molecule has 1 aliphatic rings. The molecule has 1 aliphatic carbocycles. The molecule has 0 radical (unpaired) electrons. The van der Waals surface area contributed by atoms with E-state index in [0.717, 1.165) is 36.3 Å². The third kappa shape index (κ3) is 7.38. The highest BCUT2D eigenvalue weighted by Gasteiger charge is 2.41. The number of carbonyl (C=O) groups is 2. The van der Waals surface area contributed by atoms with Crippen molar-refractivity contribution in [3.8, 4) is 0 Å². The largest absolute Gasteiger partial charge is 0.481 e. The van der Waals surface area contributed by atoms with Crippen LogP contribution in [0.15, 0.2) is 42.5 Å². The van der Waals surface area contributed by atoms with Gasteiger partial charge in [0.05, 0.1) is 23.2 Å². The van der Waals surface area contributed by atoms with E-state index in [4.69, 9.17) is 5.11 Å². The number of carboxylic acid groups (broad SMARTS) is 1. The van der Waals surface area contributed by atoms with E-state index in [9.17, 15) is 19.8 Å². The van der Waals surface area contributed by atoms with E-state index < -0.39 is 23.6 Å². The van der Waals surface area contributed by atoms with Crippen LogP contribution in [0.4, 0.5) is 0 Å². The van der Waals surface area contributed by atoms with E-state index in [-0.39, 0.29) is 29.1 Å². The number of aliphatic carboxylic acids is 1. The zero-order chi connectivity index (χ0) is 22.9. The van der Waals surface area contributed by atoms with Crippen molar-refractivity contribution in [2.75, 3.05) is 17.3 Å². The van der Waals surface area contributed by atoms with Gasteiger partial charge in [0.25, 0.3) is 0 Å². The van der Waals surface area contributed by atoms with Crippen LogP contribution in [0.3, 0.4) is 0 Å². The Hall–Kier alpha value is -1.28. The van der Waals surface area contributed by atoms with E-state index in [0.29, 0.717) is 0 Å². The Bertz CT molecular complexity index is 739. The molecule has 3 unspecified atom stereocenters. The number of aliphatic hydroxyl groups excluding tert-OH is 2. The van der Waals surface area contributed by atoms with Crippen molar-refractivity contribution in [2.24, 2.45) is 5.92 Å². The average Bonchev–Trinajstić information content (AvgIpc) is 3.01. The van der Waals surface area contributed by atoms with Crippen molar-refractivity contribution in [3.63, 3.8) is 0 Å². The lowest BCUT2D eigenvalue weighted by Gasteiger charge is -2.34. The van der Waals surface area contributed by atoms with Crippen molar-refractivity contribution in [2.45, 2.75) is 62.4 Å². The SMILES string of the molecule is CCCC(C)(c1ccccc1)C(O)C=C[C@H]1C(O)CC(=O)[C@@H]1SCCCSCC(=O)O. The van der Waals surface area contributed by atoms with Crippen LogP contribution in [0.2, 0.25) is 0 Å². The molecule has 1 fully saturated rings. The molecule has 1 aromatic rings. The van der Waals surface area contributed by atoms with Gasteiger partial charge in [-0.2, -0.15) is 11.8 Å². The van der Waals surface area contributed by atoms with Gasteiger partial charge in [-0.1, -0.05) is 62.8 Å². The number of Topliss-reactive ketones (excluding diaryl/α,β-unsaturated/α-hetero) is 1. The van der Waals surface area contributed by atoms with Crippen molar-refractivity contribution < 1.29 is 24.9 Å². The number of benzene rings is 1. The van der Waals surface area contributed by atoms with Crippen LogP contribution in [0, 0.1) is 5.92 Å². The fourth-order valence-electron chi connectivity index (χ4n) is 4.09. The molecule has 0 heterocycles. The molecule has 3 N–H and O–H groups in total. The number of ketones is 1. The second kappa shape index (κ2) is 12.7. The van der Waals surface area contributed by atoms with Gasteiger partial charge < -0.3 is 15.3 Å². The third-order valence-corrected chi connectivity index (χ3v) is 8.34. The molecule has 2 rings (SSSR count). The molecule has 0 spiro atoms. The zero-order valence-electron chi connectivity index (χ0n) is 18.3. The van der Waals surface area contributed by atoms with Crippen molar-refractivity contribution >= 4 is 35.3 Å². The Morgan fingerprint density at radius 1 is 1.29 bits per heavy atom. The first-order valence-corrected chi connectivity index (χ1v) is 13.0. The zero-order valence-corrected chi connectivity index (χ0v) is 19.9. The molecule has 0 saturated heterocycles. The van der Waals surface area contributed by atoms with Gasteiger partial charge in [0.2, 0.25) is 0 Å². The Labute approximate surface area is 193 Å². The van der Waals surface area contributed by atoms with Crippen LogP contribution in [0.1, 0.15) is 45.1 Å². The van der Waals surface area contributed by atoms with E-state index in [1.54, 1.807) is 6.08 Å². The highest BCUT2D eigenvalue weighted by Crippen LogP contribution is 2.37. The van der Waals surface area contributed by atoms with E-state index >= 15 is 0 Å². The molecule has 0 aromatic heterocycles. The lowest BCUT2D eigenvalue weighted by molar-refractivity contribution is -0.133. The summed E-state index contributed by atoms with van der Waals surface area (Å²) in [5.41, 5.74) is 0.631. The van der Waals surface area contributed by atoms with Gasteiger partial charge in [0.15, 0.2) is 0 Å². The number of carboxylic acids is 1. The molecule has 31 heavy (non-hydrogen) atoms. The molecule has 1 aromatic carbocycles. The lowest BCUT2D eigenvalue weighted by atomic mass is 9.73. The molecule has 172 valence electrons. The highest BCUT2D eigenvalue weighted by atomic mass is 32.2.